The number of ether oxygens (including phenoxy) is 2. The third-order valence-corrected chi connectivity index (χ3v) is 13.6. The van der Waals surface area contributed by atoms with Gasteiger partial charge in [-0.3, -0.25) is 33.5 Å². The van der Waals surface area contributed by atoms with Gasteiger partial charge in [-0.15, -0.1) is 9.53 Å². The van der Waals surface area contributed by atoms with E-state index in [9.17, 15) is 43.3 Å². The number of aromatic nitrogens is 1. The fraction of sp³-hybridized carbons (Fsp3) is 0.591. The van der Waals surface area contributed by atoms with E-state index in [1.54, 1.807) is 25.1 Å². The second kappa shape index (κ2) is 20.7. The van der Waals surface area contributed by atoms with Gasteiger partial charge >= 0.3 is 0 Å². The molecule has 2 saturated heterocycles. The SMILES string of the molecule is Cc1ccc(C(=O)N[C@@H](CC(C)C)C(=O)N[C@H](C#N)C[C@@H]2CC(c3ccc(S(C)(=O)(O)N[C@@H](CC(C)C)C(=O)N[C@H](C#N)C[C@@H]4CCCNC4=O)c4c3OCCO4)CNC2=O)cn1. The lowest BCUT2D eigenvalue weighted by molar-refractivity contribution is -0.128. The van der Waals surface area contributed by atoms with Gasteiger partial charge in [-0.25, -0.2) is 4.72 Å². The van der Waals surface area contributed by atoms with Crippen LogP contribution in [0.15, 0.2) is 35.4 Å². The van der Waals surface area contributed by atoms with Crippen molar-refractivity contribution >= 4 is 39.1 Å². The molecule has 1 aromatic carbocycles. The number of nitrogens with one attached hydrogen (secondary N) is 6. The summed E-state index contributed by atoms with van der Waals surface area (Å²) in [4.78, 5) is 70.0. The summed E-state index contributed by atoms with van der Waals surface area (Å²) in [5.74, 6) is -3.64. The van der Waals surface area contributed by atoms with Gasteiger partial charge < -0.3 is 36.1 Å². The van der Waals surface area contributed by atoms with E-state index in [1.165, 1.54) is 12.3 Å². The second-order valence-corrected chi connectivity index (χ2v) is 21.0. The van der Waals surface area contributed by atoms with Crippen molar-refractivity contribution in [3.8, 4) is 23.6 Å². The first-order valence-electron chi connectivity index (χ1n) is 21.6. The lowest BCUT2D eigenvalue weighted by Gasteiger charge is -2.44. The van der Waals surface area contributed by atoms with Gasteiger partial charge in [-0.2, -0.15) is 14.7 Å². The molecule has 0 bridgehead atoms. The maximum atomic E-state index is 14.8. The van der Waals surface area contributed by atoms with Crippen LogP contribution in [0.1, 0.15) is 100 Å². The molecule has 7 atom stereocenters. The van der Waals surface area contributed by atoms with Crippen LogP contribution in [-0.2, 0) is 28.7 Å². The Morgan fingerprint density at radius 1 is 0.873 bits per heavy atom. The summed E-state index contributed by atoms with van der Waals surface area (Å²) in [5.41, 5.74) is 1.60. The molecular weight excluding hydrogens is 831 g/mol. The van der Waals surface area contributed by atoms with Gasteiger partial charge in [0.1, 0.15) is 42.3 Å². The summed E-state index contributed by atoms with van der Waals surface area (Å²) in [6.45, 7) is 10.2. The van der Waals surface area contributed by atoms with E-state index in [0.29, 0.717) is 24.9 Å². The maximum absolute atomic E-state index is 14.8. The van der Waals surface area contributed by atoms with Crippen molar-refractivity contribution in [1.82, 2.24) is 36.3 Å². The van der Waals surface area contributed by atoms with Crippen LogP contribution in [0.4, 0.5) is 0 Å². The molecule has 0 aliphatic carbocycles. The topological polar surface area (TPSA) is 274 Å². The van der Waals surface area contributed by atoms with Crippen molar-refractivity contribution in [2.75, 3.05) is 32.6 Å². The first kappa shape index (κ1) is 48.4. The van der Waals surface area contributed by atoms with Crippen LogP contribution in [0, 0.1) is 53.3 Å². The zero-order valence-corrected chi connectivity index (χ0v) is 37.6. The fourth-order valence-corrected chi connectivity index (χ4v) is 10.2. The molecule has 5 rings (SSSR count). The fourth-order valence-electron chi connectivity index (χ4n) is 8.26. The number of aryl methyl sites for hydroxylation is 1. The lowest BCUT2D eigenvalue weighted by Crippen LogP contribution is -2.58. The Bertz CT molecular complexity index is 2180. The Kier molecular flexibility index (Phi) is 15.9. The standard InChI is InChI=1S/C44H61N9O9S/c1-25(2)16-35(52-42(56)29-10-9-27(5)48-23-29)43(57)50-33(22-46)20-30-18-31(24-49-41(30)55)34-11-12-37(39-38(34)61-14-15-62-39)63(6,59,60)53-36(17-26(3)4)44(58)51-32(21-45)19-28-8-7-13-47-40(28)54/h9-12,23,25-26,28,30-33,35-36H,7-8,13-20,24H2,1-6H3,(H,47,54)(H,49,55)(H,50,57)(H,51,58)(H,52,56)(H2,53,59,60)/t28-,30-,31?,32-,33-,35-,36-/m0/s1. The number of pyridine rings is 1. The van der Waals surface area contributed by atoms with E-state index in [0.717, 1.165) is 18.4 Å². The van der Waals surface area contributed by atoms with E-state index < -0.39 is 69.2 Å². The van der Waals surface area contributed by atoms with Crippen LogP contribution >= 0.6 is 0 Å². The number of piperidine rings is 2. The van der Waals surface area contributed by atoms with Gasteiger partial charge in [0.2, 0.25) is 23.6 Å². The van der Waals surface area contributed by atoms with Crippen LogP contribution in [0.25, 0.3) is 0 Å². The summed E-state index contributed by atoms with van der Waals surface area (Å²) in [6, 6.07) is 6.26. The Morgan fingerprint density at radius 3 is 2.08 bits per heavy atom. The highest BCUT2D eigenvalue weighted by Gasteiger charge is 2.40. The number of hydrogen-bond acceptors (Lipinski definition) is 11. The van der Waals surface area contributed by atoms with E-state index in [2.05, 4.69) is 48.4 Å². The molecule has 0 spiro atoms. The summed E-state index contributed by atoms with van der Waals surface area (Å²) in [7, 11) is -5.13. The predicted molar refractivity (Wildman–Crippen MR) is 232 cm³/mol. The molecule has 2 fully saturated rings. The Balaban J connectivity index is 1.32. The molecule has 7 N–H and O–H groups in total. The number of carbonyl (C=O) groups is 5. The van der Waals surface area contributed by atoms with E-state index in [4.69, 9.17) is 9.47 Å². The first-order chi connectivity index (χ1) is 29.8. The highest BCUT2D eigenvalue weighted by molar-refractivity contribution is 8.13. The molecule has 3 aliphatic rings. The van der Waals surface area contributed by atoms with Gasteiger partial charge in [-0.05, 0) is 81.9 Å². The van der Waals surface area contributed by atoms with Gasteiger partial charge in [0.05, 0.1) is 17.7 Å². The molecule has 19 heteroatoms. The number of fused-ring (bicyclic) bond motifs is 1. The molecule has 2 aromatic rings. The molecule has 0 radical (unpaired) electrons. The monoisotopic (exact) mass is 891 g/mol. The molecule has 63 heavy (non-hydrogen) atoms. The van der Waals surface area contributed by atoms with Crippen molar-refractivity contribution in [3.05, 3.63) is 47.3 Å². The number of benzene rings is 1. The highest BCUT2D eigenvalue weighted by atomic mass is 32.3. The van der Waals surface area contributed by atoms with Crippen LogP contribution in [-0.4, -0.2) is 100 Å². The zero-order chi connectivity index (χ0) is 46.1. The van der Waals surface area contributed by atoms with Gasteiger partial charge in [0.25, 0.3) is 5.91 Å². The molecule has 4 heterocycles. The van der Waals surface area contributed by atoms with Gasteiger partial charge in [0, 0.05) is 54.6 Å². The average molecular weight is 892 g/mol. The molecule has 3 aliphatic heterocycles. The van der Waals surface area contributed by atoms with E-state index >= 15 is 0 Å². The Morgan fingerprint density at radius 2 is 1.48 bits per heavy atom. The molecule has 5 amide bonds. The number of amides is 5. The van der Waals surface area contributed by atoms with Gasteiger partial charge in [-0.1, -0.05) is 33.8 Å². The summed E-state index contributed by atoms with van der Waals surface area (Å²) >= 11 is 0. The van der Waals surface area contributed by atoms with E-state index in [1.807, 2.05) is 27.7 Å². The number of hydrogen-bond donors (Lipinski definition) is 7. The minimum absolute atomic E-state index is 0.00504. The molecule has 1 unspecified atom stereocenters. The quantitative estimate of drug-likeness (QED) is 0.114. The smallest absolute Gasteiger partial charge is 0.253 e. The summed E-state index contributed by atoms with van der Waals surface area (Å²) in [6.07, 6.45) is 4.60. The van der Waals surface area contributed by atoms with Crippen molar-refractivity contribution in [1.29, 1.82) is 10.5 Å². The van der Waals surface area contributed by atoms with Crippen LogP contribution in [0.2, 0.25) is 0 Å². The zero-order valence-electron chi connectivity index (χ0n) is 36.8. The number of nitriles is 2. The lowest BCUT2D eigenvalue weighted by atomic mass is 9.81. The largest absolute Gasteiger partial charge is 0.486 e. The number of carbonyl (C=O) groups excluding carboxylic acids is 5. The third-order valence-electron chi connectivity index (χ3n) is 11.4. The van der Waals surface area contributed by atoms with Crippen molar-refractivity contribution < 1.29 is 42.2 Å². The van der Waals surface area contributed by atoms with Crippen LogP contribution in [0.5, 0.6) is 11.5 Å². The predicted octanol–water partition coefficient (Wildman–Crippen LogP) is 2.75. The minimum atomic E-state index is -5.13. The Hall–Kier alpha value is -5.63. The van der Waals surface area contributed by atoms with Gasteiger partial charge in [0.15, 0.2) is 11.5 Å². The number of nitrogens with zero attached hydrogens (tertiary/aromatic N) is 3. The molecule has 18 nitrogen and oxygen atoms in total. The van der Waals surface area contributed by atoms with E-state index in [-0.39, 0.29) is 91.0 Å². The molecule has 1 aromatic heterocycles. The second-order valence-electron chi connectivity index (χ2n) is 17.8. The Labute approximate surface area is 368 Å². The maximum Gasteiger partial charge on any atom is 0.253 e. The number of rotatable bonds is 18. The van der Waals surface area contributed by atoms with Crippen molar-refractivity contribution in [3.63, 3.8) is 0 Å². The first-order valence-corrected chi connectivity index (χ1v) is 23.9. The summed E-state index contributed by atoms with van der Waals surface area (Å²) < 4.78 is 41.7. The normalized spacial score (nSPS) is 21.2. The van der Waals surface area contributed by atoms with Crippen LogP contribution < -0.4 is 40.8 Å². The summed E-state index contributed by atoms with van der Waals surface area (Å²) in [5, 5.41) is 33.9. The highest BCUT2D eigenvalue weighted by Crippen LogP contribution is 2.48. The molecular formula is C44H61N9O9S. The third kappa shape index (κ3) is 12.7. The minimum Gasteiger partial charge on any atom is -0.486 e. The molecule has 0 saturated carbocycles. The van der Waals surface area contributed by atoms with Crippen molar-refractivity contribution in [2.45, 2.75) is 115 Å². The molecule has 342 valence electrons. The average Bonchev–Trinajstić information content (AvgIpc) is 3.23. The van der Waals surface area contributed by atoms with Crippen molar-refractivity contribution in [2.24, 2.45) is 23.7 Å². The van der Waals surface area contributed by atoms with Crippen LogP contribution in [0.3, 0.4) is 0 Å².